The first-order valence-corrected chi connectivity index (χ1v) is 13.9. The summed E-state index contributed by atoms with van der Waals surface area (Å²) in [6.45, 7) is 8.71. The third-order valence-corrected chi connectivity index (χ3v) is 7.41. The standard InChI is InChI=1S/C25H33Cl2N3O4S/c1-7-22(25(32)28-16(2)3)29(14-19-11-12-20(26)13-21(19)27)24(31)15-30(35(6,33)34)23-10-8-9-17(4)18(23)5/h8-13,16,22H,7,14-15H2,1-6H3,(H,28,32). The smallest absolute Gasteiger partial charge is 0.244 e. The molecule has 0 aliphatic heterocycles. The van der Waals surface area contributed by atoms with Gasteiger partial charge in [0, 0.05) is 22.6 Å². The molecule has 2 amide bonds. The molecule has 35 heavy (non-hydrogen) atoms. The number of aryl methyl sites for hydroxylation is 1. The highest BCUT2D eigenvalue weighted by atomic mass is 35.5. The predicted octanol–water partition coefficient (Wildman–Crippen LogP) is 4.71. The monoisotopic (exact) mass is 541 g/mol. The van der Waals surface area contributed by atoms with Crippen molar-refractivity contribution in [2.45, 2.75) is 59.7 Å². The van der Waals surface area contributed by atoms with Gasteiger partial charge in [0.2, 0.25) is 21.8 Å². The second-order valence-electron chi connectivity index (χ2n) is 8.83. The minimum absolute atomic E-state index is 0.0171. The maximum atomic E-state index is 13.7. The van der Waals surface area contributed by atoms with Gasteiger partial charge in [-0.25, -0.2) is 8.42 Å². The van der Waals surface area contributed by atoms with Crippen LogP contribution >= 0.6 is 23.2 Å². The van der Waals surface area contributed by atoms with Gasteiger partial charge in [-0.2, -0.15) is 0 Å². The molecule has 0 fully saturated rings. The van der Waals surface area contributed by atoms with Crippen molar-refractivity contribution in [3.8, 4) is 0 Å². The number of nitrogens with one attached hydrogen (secondary N) is 1. The van der Waals surface area contributed by atoms with E-state index in [1.54, 1.807) is 37.3 Å². The molecule has 1 atom stereocenters. The molecule has 0 bridgehead atoms. The molecule has 2 rings (SSSR count). The topological polar surface area (TPSA) is 86.8 Å². The average molecular weight is 543 g/mol. The van der Waals surface area contributed by atoms with E-state index in [0.29, 0.717) is 27.7 Å². The fourth-order valence-electron chi connectivity index (χ4n) is 3.73. The molecule has 0 aliphatic rings. The van der Waals surface area contributed by atoms with Crippen molar-refractivity contribution >= 4 is 50.7 Å². The summed E-state index contributed by atoms with van der Waals surface area (Å²) in [5.41, 5.74) is 2.67. The number of carbonyl (C=O) groups excluding carboxylic acids is 2. The summed E-state index contributed by atoms with van der Waals surface area (Å²) in [4.78, 5) is 28.1. The number of amides is 2. The first-order valence-electron chi connectivity index (χ1n) is 11.3. The van der Waals surface area contributed by atoms with Crippen molar-refractivity contribution in [2.24, 2.45) is 0 Å². The van der Waals surface area contributed by atoms with E-state index in [2.05, 4.69) is 5.32 Å². The Bertz CT molecular complexity index is 1190. The number of benzene rings is 2. The highest BCUT2D eigenvalue weighted by Gasteiger charge is 2.32. The molecule has 10 heteroatoms. The first-order chi connectivity index (χ1) is 16.3. The van der Waals surface area contributed by atoms with Crippen molar-refractivity contribution in [1.82, 2.24) is 10.2 Å². The van der Waals surface area contributed by atoms with Gasteiger partial charge in [-0.15, -0.1) is 0 Å². The van der Waals surface area contributed by atoms with Crippen LogP contribution in [0.2, 0.25) is 10.0 Å². The van der Waals surface area contributed by atoms with Gasteiger partial charge in [0.1, 0.15) is 12.6 Å². The van der Waals surface area contributed by atoms with Gasteiger partial charge in [0.05, 0.1) is 11.9 Å². The Kier molecular flexibility index (Phi) is 10.0. The predicted molar refractivity (Wildman–Crippen MR) is 142 cm³/mol. The summed E-state index contributed by atoms with van der Waals surface area (Å²) in [7, 11) is -3.80. The summed E-state index contributed by atoms with van der Waals surface area (Å²) < 4.78 is 26.6. The largest absolute Gasteiger partial charge is 0.352 e. The highest BCUT2D eigenvalue weighted by molar-refractivity contribution is 7.92. The number of hydrogen-bond acceptors (Lipinski definition) is 4. The summed E-state index contributed by atoms with van der Waals surface area (Å²) >= 11 is 12.4. The SMILES string of the molecule is CCC(C(=O)NC(C)C)N(Cc1ccc(Cl)cc1Cl)C(=O)CN(c1cccc(C)c1C)S(C)(=O)=O. The van der Waals surface area contributed by atoms with Gasteiger partial charge in [0.15, 0.2) is 0 Å². The van der Waals surface area contributed by atoms with Crippen LogP contribution in [0.4, 0.5) is 5.69 Å². The zero-order valence-corrected chi connectivity index (χ0v) is 23.3. The van der Waals surface area contributed by atoms with Crippen molar-refractivity contribution in [2.75, 3.05) is 17.1 Å². The van der Waals surface area contributed by atoms with Crippen molar-refractivity contribution in [3.63, 3.8) is 0 Å². The minimum atomic E-state index is -3.80. The molecule has 0 saturated carbocycles. The van der Waals surface area contributed by atoms with Crippen LogP contribution in [0.3, 0.4) is 0 Å². The molecule has 0 radical (unpaired) electrons. The zero-order valence-electron chi connectivity index (χ0n) is 20.9. The number of halogens is 2. The average Bonchev–Trinajstić information content (AvgIpc) is 2.74. The van der Waals surface area contributed by atoms with E-state index in [1.807, 2.05) is 33.8 Å². The zero-order chi connectivity index (χ0) is 26.5. The normalized spacial score (nSPS) is 12.4. The Morgan fingerprint density at radius 1 is 1.09 bits per heavy atom. The summed E-state index contributed by atoms with van der Waals surface area (Å²) in [5.74, 6) is -0.841. The lowest BCUT2D eigenvalue weighted by Crippen LogP contribution is -2.53. The van der Waals surface area contributed by atoms with E-state index in [1.165, 1.54) is 4.90 Å². The van der Waals surface area contributed by atoms with Gasteiger partial charge < -0.3 is 10.2 Å². The van der Waals surface area contributed by atoms with E-state index < -0.39 is 28.5 Å². The maximum absolute atomic E-state index is 13.7. The fraction of sp³-hybridized carbons (Fsp3) is 0.440. The van der Waals surface area contributed by atoms with Crippen LogP contribution in [0.1, 0.15) is 43.9 Å². The van der Waals surface area contributed by atoms with Gasteiger partial charge in [0.25, 0.3) is 0 Å². The van der Waals surface area contributed by atoms with Gasteiger partial charge in [-0.05, 0) is 69.0 Å². The molecule has 1 N–H and O–H groups in total. The summed E-state index contributed by atoms with van der Waals surface area (Å²) in [6.07, 6.45) is 1.39. The molecular formula is C25H33Cl2N3O4S. The van der Waals surface area contributed by atoms with Gasteiger partial charge in [-0.1, -0.05) is 48.3 Å². The summed E-state index contributed by atoms with van der Waals surface area (Å²) in [5, 5.41) is 3.65. The molecule has 0 aliphatic carbocycles. The number of nitrogens with zero attached hydrogens (tertiary/aromatic N) is 2. The van der Waals surface area contributed by atoms with Crippen LogP contribution < -0.4 is 9.62 Å². The van der Waals surface area contributed by atoms with Crippen molar-refractivity contribution < 1.29 is 18.0 Å². The van der Waals surface area contributed by atoms with Crippen LogP contribution in [-0.2, 0) is 26.2 Å². The van der Waals surface area contributed by atoms with Crippen LogP contribution in [0.15, 0.2) is 36.4 Å². The number of sulfonamides is 1. The number of carbonyl (C=O) groups is 2. The maximum Gasteiger partial charge on any atom is 0.244 e. The van der Waals surface area contributed by atoms with Crippen LogP contribution in [0, 0.1) is 13.8 Å². The van der Waals surface area contributed by atoms with Gasteiger partial charge >= 0.3 is 0 Å². The van der Waals surface area contributed by atoms with Crippen LogP contribution in [0.5, 0.6) is 0 Å². The Morgan fingerprint density at radius 3 is 2.29 bits per heavy atom. The molecule has 0 heterocycles. The number of rotatable bonds is 10. The van der Waals surface area contributed by atoms with Crippen molar-refractivity contribution in [1.29, 1.82) is 0 Å². The van der Waals surface area contributed by atoms with E-state index in [-0.39, 0.29) is 18.5 Å². The molecule has 1 unspecified atom stereocenters. The Labute approximate surface area is 218 Å². The first kappa shape index (κ1) is 28.9. The van der Waals surface area contributed by atoms with E-state index >= 15 is 0 Å². The molecule has 192 valence electrons. The molecule has 0 spiro atoms. The second kappa shape index (κ2) is 12.1. The molecule has 0 saturated heterocycles. The highest BCUT2D eigenvalue weighted by Crippen LogP contribution is 2.27. The van der Waals surface area contributed by atoms with Crippen LogP contribution in [0.25, 0.3) is 0 Å². The molecule has 2 aromatic rings. The molecule has 2 aromatic carbocycles. The summed E-state index contributed by atoms with van der Waals surface area (Å²) in [6, 6.07) is 9.24. The third kappa shape index (κ3) is 7.59. The Hall–Kier alpha value is -2.29. The Morgan fingerprint density at radius 2 is 1.74 bits per heavy atom. The number of anilines is 1. The second-order valence-corrected chi connectivity index (χ2v) is 11.6. The van der Waals surface area contributed by atoms with E-state index in [4.69, 9.17) is 23.2 Å². The fourth-order valence-corrected chi connectivity index (χ4v) is 5.10. The minimum Gasteiger partial charge on any atom is -0.352 e. The lowest BCUT2D eigenvalue weighted by atomic mass is 10.1. The number of hydrogen-bond donors (Lipinski definition) is 1. The molecular weight excluding hydrogens is 509 g/mol. The van der Waals surface area contributed by atoms with E-state index in [0.717, 1.165) is 21.7 Å². The molecule has 7 nitrogen and oxygen atoms in total. The Balaban J connectivity index is 2.52. The van der Waals surface area contributed by atoms with Gasteiger partial charge in [-0.3, -0.25) is 13.9 Å². The quantitative estimate of drug-likeness (QED) is 0.471. The molecule has 0 aromatic heterocycles. The van der Waals surface area contributed by atoms with Crippen molar-refractivity contribution in [3.05, 3.63) is 63.1 Å². The lowest BCUT2D eigenvalue weighted by molar-refractivity contribution is -0.140. The van der Waals surface area contributed by atoms with E-state index in [9.17, 15) is 18.0 Å². The third-order valence-electron chi connectivity index (χ3n) is 5.70. The van der Waals surface area contributed by atoms with Crippen LogP contribution in [-0.4, -0.2) is 50.0 Å². The lowest BCUT2D eigenvalue weighted by Gasteiger charge is -2.33.